The Hall–Kier alpha value is -1.10. The number of quaternary nitrogens is 2. The van der Waals surface area contributed by atoms with E-state index in [1.54, 1.807) is 4.90 Å². The molecule has 3 N–H and O–H groups in total. The van der Waals surface area contributed by atoms with Gasteiger partial charge in [-0.15, -0.1) is 0 Å². The fourth-order valence-corrected chi connectivity index (χ4v) is 3.49. The highest BCUT2D eigenvalue weighted by Crippen LogP contribution is 2.23. The normalized spacial score (nSPS) is 23.0. The van der Waals surface area contributed by atoms with Gasteiger partial charge < -0.3 is 19.6 Å². The molecule has 23 heavy (non-hydrogen) atoms. The van der Waals surface area contributed by atoms with Gasteiger partial charge in [0, 0.05) is 0 Å². The van der Waals surface area contributed by atoms with Gasteiger partial charge in [-0.05, 0) is 43.0 Å². The molecule has 1 saturated heterocycles. The third-order valence-electron chi connectivity index (χ3n) is 4.99. The number of aliphatic hydroxyl groups excluding tert-OH is 1. The number of aliphatic hydroxyl groups is 1. The second kappa shape index (κ2) is 8.67. The summed E-state index contributed by atoms with van der Waals surface area (Å²) < 4.78 is 5.80. The van der Waals surface area contributed by atoms with Crippen molar-refractivity contribution in [2.45, 2.75) is 39.7 Å². The van der Waals surface area contributed by atoms with E-state index in [2.05, 4.69) is 39.8 Å². The maximum absolute atomic E-state index is 10.2. The van der Waals surface area contributed by atoms with Crippen LogP contribution >= 0.6 is 0 Å². The molecule has 0 amide bonds. The number of ether oxygens (including phenoxy) is 1. The molecule has 1 aromatic rings. The lowest BCUT2D eigenvalue weighted by Crippen LogP contribution is -3.28. The number of nitrogens with one attached hydrogen (secondary N) is 2. The van der Waals surface area contributed by atoms with Crippen molar-refractivity contribution in [2.24, 2.45) is 0 Å². The molecule has 2 rings (SSSR count). The van der Waals surface area contributed by atoms with Crippen LogP contribution in [0.2, 0.25) is 0 Å². The maximum atomic E-state index is 10.2. The van der Waals surface area contributed by atoms with Gasteiger partial charge in [0.25, 0.3) is 0 Å². The fraction of sp³-hybridized carbons (Fsp3) is 0.684. The Morgan fingerprint density at radius 2 is 1.78 bits per heavy atom. The number of hydrogen-bond donors (Lipinski definition) is 3. The average Bonchev–Trinajstić information content (AvgIpc) is 2.53. The quantitative estimate of drug-likeness (QED) is 0.643. The van der Waals surface area contributed by atoms with E-state index in [9.17, 15) is 5.11 Å². The zero-order valence-electron chi connectivity index (χ0n) is 15.2. The molecule has 130 valence electrons. The maximum Gasteiger partial charge on any atom is 0.137 e. The summed E-state index contributed by atoms with van der Waals surface area (Å²) in [7, 11) is 0. The zero-order valence-corrected chi connectivity index (χ0v) is 15.2. The van der Waals surface area contributed by atoms with Gasteiger partial charge in [-0.2, -0.15) is 0 Å². The number of rotatable bonds is 7. The minimum atomic E-state index is -0.391. The lowest BCUT2D eigenvalue weighted by Gasteiger charge is -2.30. The van der Waals surface area contributed by atoms with E-state index in [0.29, 0.717) is 12.5 Å². The minimum Gasteiger partial charge on any atom is -0.491 e. The Bertz CT molecular complexity index is 482. The van der Waals surface area contributed by atoms with Crippen molar-refractivity contribution < 1.29 is 19.6 Å². The second-order valence-electron chi connectivity index (χ2n) is 7.20. The molecule has 0 aromatic heterocycles. The summed E-state index contributed by atoms with van der Waals surface area (Å²) in [6.07, 6.45) is -0.391. The van der Waals surface area contributed by atoms with Crippen molar-refractivity contribution in [3.05, 3.63) is 29.3 Å². The molecule has 4 nitrogen and oxygen atoms in total. The third-order valence-corrected chi connectivity index (χ3v) is 4.99. The Balaban J connectivity index is 1.76. The molecule has 1 aliphatic rings. The van der Waals surface area contributed by atoms with Crippen LogP contribution in [0.1, 0.15) is 37.8 Å². The van der Waals surface area contributed by atoms with Crippen LogP contribution in [0.3, 0.4) is 0 Å². The van der Waals surface area contributed by atoms with Gasteiger partial charge in [-0.25, -0.2) is 0 Å². The number of likely N-dealkylation sites (N-methyl/N-ethyl adjacent to an activating group) is 1. The van der Waals surface area contributed by atoms with E-state index in [4.69, 9.17) is 4.74 Å². The van der Waals surface area contributed by atoms with E-state index in [-0.39, 0.29) is 0 Å². The average molecular weight is 322 g/mol. The summed E-state index contributed by atoms with van der Waals surface area (Å²) in [4.78, 5) is 3.19. The van der Waals surface area contributed by atoms with Gasteiger partial charge in [0.05, 0.1) is 6.54 Å². The lowest BCUT2D eigenvalue weighted by atomic mass is 9.98. The van der Waals surface area contributed by atoms with E-state index < -0.39 is 6.10 Å². The smallest absolute Gasteiger partial charge is 0.137 e. The molecular formula is C19H34N2O2+2. The molecule has 0 spiro atoms. The lowest BCUT2D eigenvalue weighted by molar-refractivity contribution is -1.01. The summed E-state index contributed by atoms with van der Waals surface area (Å²) in [5.74, 6) is 1.39. The van der Waals surface area contributed by atoms with Gasteiger partial charge in [0.1, 0.15) is 51.2 Å². The van der Waals surface area contributed by atoms with Crippen LogP contribution in [0.5, 0.6) is 5.75 Å². The topological polar surface area (TPSA) is 38.3 Å². The SMILES string of the molecule is CC[NH+]1CC[NH+](C[C@@H](O)COc2ccc(C(C)C)c(C)c2)CC1. The van der Waals surface area contributed by atoms with Crippen molar-refractivity contribution in [1.82, 2.24) is 0 Å². The summed E-state index contributed by atoms with van der Waals surface area (Å²) in [6.45, 7) is 15.9. The van der Waals surface area contributed by atoms with Crippen molar-refractivity contribution in [2.75, 3.05) is 45.9 Å². The molecule has 1 aromatic carbocycles. The summed E-state index contributed by atoms with van der Waals surface area (Å²) in [6, 6.07) is 6.24. The van der Waals surface area contributed by atoms with Crippen LogP contribution in [-0.4, -0.2) is 57.1 Å². The van der Waals surface area contributed by atoms with Crippen LogP contribution in [0.4, 0.5) is 0 Å². The van der Waals surface area contributed by atoms with Crippen molar-refractivity contribution in [3.8, 4) is 5.75 Å². The van der Waals surface area contributed by atoms with Crippen molar-refractivity contribution >= 4 is 0 Å². The highest BCUT2D eigenvalue weighted by molar-refractivity contribution is 5.36. The molecule has 1 heterocycles. The number of hydrogen-bond acceptors (Lipinski definition) is 2. The largest absolute Gasteiger partial charge is 0.491 e. The zero-order chi connectivity index (χ0) is 16.8. The van der Waals surface area contributed by atoms with Gasteiger partial charge in [-0.1, -0.05) is 19.9 Å². The van der Waals surface area contributed by atoms with Crippen LogP contribution in [0, 0.1) is 6.92 Å². The first-order valence-corrected chi connectivity index (χ1v) is 9.08. The van der Waals surface area contributed by atoms with Crippen LogP contribution in [0.15, 0.2) is 18.2 Å². The van der Waals surface area contributed by atoms with E-state index in [1.807, 2.05) is 6.07 Å². The predicted molar refractivity (Wildman–Crippen MR) is 93.6 cm³/mol. The van der Waals surface area contributed by atoms with Gasteiger partial charge in [-0.3, -0.25) is 0 Å². The molecular weight excluding hydrogens is 288 g/mol. The first-order valence-electron chi connectivity index (χ1n) is 9.08. The molecule has 1 atom stereocenters. The van der Waals surface area contributed by atoms with Crippen LogP contribution in [-0.2, 0) is 0 Å². The molecule has 0 aliphatic carbocycles. The summed E-state index contributed by atoms with van der Waals surface area (Å²) in [5, 5.41) is 10.2. The minimum absolute atomic E-state index is 0.383. The van der Waals surface area contributed by atoms with E-state index in [1.165, 1.54) is 35.7 Å². The van der Waals surface area contributed by atoms with Crippen LogP contribution < -0.4 is 14.5 Å². The Morgan fingerprint density at radius 3 is 2.35 bits per heavy atom. The molecule has 1 fully saturated rings. The predicted octanol–water partition coefficient (Wildman–Crippen LogP) is -0.339. The molecule has 4 heteroatoms. The number of piperazine rings is 1. The number of aryl methyl sites for hydroxylation is 1. The fourth-order valence-electron chi connectivity index (χ4n) is 3.49. The van der Waals surface area contributed by atoms with Crippen LogP contribution in [0.25, 0.3) is 0 Å². The molecule has 0 bridgehead atoms. The third kappa shape index (κ3) is 5.48. The Morgan fingerprint density at radius 1 is 1.13 bits per heavy atom. The van der Waals surface area contributed by atoms with Crippen molar-refractivity contribution in [1.29, 1.82) is 0 Å². The first-order chi connectivity index (χ1) is 11.0. The monoisotopic (exact) mass is 322 g/mol. The Labute approximate surface area is 141 Å². The van der Waals surface area contributed by atoms with Gasteiger partial charge in [0.15, 0.2) is 0 Å². The summed E-state index contributed by atoms with van der Waals surface area (Å²) >= 11 is 0. The summed E-state index contributed by atoms with van der Waals surface area (Å²) in [5.41, 5.74) is 2.62. The number of benzene rings is 1. The first kappa shape index (κ1) is 18.2. The highest BCUT2D eigenvalue weighted by Gasteiger charge is 2.24. The van der Waals surface area contributed by atoms with E-state index >= 15 is 0 Å². The van der Waals surface area contributed by atoms with Crippen molar-refractivity contribution in [3.63, 3.8) is 0 Å². The van der Waals surface area contributed by atoms with Gasteiger partial charge >= 0.3 is 0 Å². The Kier molecular flexibility index (Phi) is 6.88. The molecule has 1 aliphatic heterocycles. The van der Waals surface area contributed by atoms with Gasteiger partial charge in [0.2, 0.25) is 0 Å². The highest BCUT2D eigenvalue weighted by atomic mass is 16.5. The molecule has 0 saturated carbocycles. The molecule has 0 radical (unpaired) electrons. The molecule has 0 unspecified atom stereocenters. The van der Waals surface area contributed by atoms with E-state index in [0.717, 1.165) is 25.4 Å². The second-order valence-corrected chi connectivity index (χ2v) is 7.20. The standard InChI is InChI=1S/C19H32N2O2/c1-5-20-8-10-21(11-9-20)13-17(22)14-23-18-6-7-19(15(2)3)16(4)12-18/h6-7,12,15,17,22H,5,8-11,13-14H2,1-4H3/p+2/t17-/m1/s1.